The zero-order valence-corrected chi connectivity index (χ0v) is 12.0. The number of aromatic nitrogens is 2. The molecule has 0 saturated carbocycles. The maximum Gasteiger partial charge on any atom is 0.0797 e. The largest absolute Gasteiger partial charge is 0.389 e. The van der Waals surface area contributed by atoms with E-state index in [4.69, 9.17) is 4.74 Å². The number of rotatable bonds is 3. The first kappa shape index (κ1) is 13.6. The van der Waals surface area contributed by atoms with Crippen molar-refractivity contribution in [3.8, 4) is 0 Å². The lowest BCUT2D eigenvalue weighted by Gasteiger charge is -2.19. The molecule has 1 aromatic rings. The molecular formula is C14H24N2O2. The van der Waals surface area contributed by atoms with Gasteiger partial charge in [0.2, 0.25) is 0 Å². The smallest absolute Gasteiger partial charge is 0.0797 e. The van der Waals surface area contributed by atoms with E-state index in [1.54, 1.807) is 6.92 Å². The van der Waals surface area contributed by atoms with Gasteiger partial charge in [0.15, 0.2) is 0 Å². The average molecular weight is 252 g/mol. The number of aliphatic hydroxyl groups is 1. The van der Waals surface area contributed by atoms with Crippen LogP contribution < -0.4 is 0 Å². The summed E-state index contributed by atoms with van der Waals surface area (Å²) in [7, 11) is 0. The molecule has 1 saturated heterocycles. The summed E-state index contributed by atoms with van der Waals surface area (Å²) < 4.78 is 7.97. The van der Waals surface area contributed by atoms with Crippen LogP contribution in [0.15, 0.2) is 0 Å². The highest BCUT2D eigenvalue weighted by Gasteiger charge is 2.32. The fourth-order valence-corrected chi connectivity index (χ4v) is 2.89. The van der Waals surface area contributed by atoms with Gasteiger partial charge in [-0.3, -0.25) is 4.68 Å². The summed E-state index contributed by atoms with van der Waals surface area (Å²) >= 11 is 0. The Morgan fingerprint density at radius 3 is 2.61 bits per heavy atom. The molecule has 0 spiro atoms. The van der Waals surface area contributed by atoms with Crippen LogP contribution in [-0.4, -0.2) is 26.6 Å². The lowest BCUT2D eigenvalue weighted by Crippen LogP contribution is -2.23. The molecule has 4 heteroatoms. The van der Waals surface area contributed by atoms with Crippen molar-refractivity contribution in [3.05, 3.63) is 17.0 Å². The van der Waals surface area contributed by atoms with E-state index >= 15 is 0 Å². The third kappa shape index (κ3) is 2.59. The fraction of sp³-hybridized carbons (Fsp3) is 0.786. The van der Waals surface area contributed by atoms with E-state index in [-0.39, 0.29) is 11.7 Å². The van der Waals surface area contributed by atoms with E-state index in [0.29, 0.717) is 0 Å². The second-order valence-electron chi connectivity index (χ2n) is 5.98. The summed E-state index contributed by atoms with van der Waals surface area (Å²) in [4.78, 5) is 0. The second kappa shape index (κ2) is 4.67. The predicted molar refractivity (Wildman–Crippen MR) is 70.5 cm³/mol. The van der Waals surface area contributed by atoms with Crippen LogP contribution >= 0.6 is 0 Å². The Labute approximate surface area is 109 Å². The molecule has 1 aliphatic heterocycles. The highest BCUT2D eigenvalue weighted by molar-refractivity contribution is 5.26. The summed E-state index contributed by atoms with van der Waals surface area (Å²) in [6.07, 6.45) is 1.95. The van der Waals surface area contributed by atoms with E-state index in [0.717, 1.165) is 36.3 Å². The number of hydrogen-bond donors (Lipinski definition) is 1. The molecule has 102 valence electrons. The van der Waals surface area contributed by atoms with Crippen molar-refractivity contribution < 1.29 is 9.84 Å². The van der Waals surface area contributed by atoms with Crippen molar-refractivity contribution in [2.45, 2.75) is 71.8 Å². The monoisotopic (exact) mass is 252 g/mol. The predicted octanol–water partition coefficient (Wildman–Crippen LogP) is 2.51. The van der Waals surface area contributed by atoms with Gasteiger partial charge in [0.05, 0.1) is 30.0 Å². The quantitative estimate of drug-likeness (QED) is 0.899. The van der Waals surface area contributed by atoms with Gasteiger partial charge >= 0.3 is 0 Å². The lowest BCUT2D eigenvalue weighted by atomic mass is 10.1. The molecule has 0 bridgehead atoms. The van der Waals surface area contributed by atoms with E-state index in [9.17, 15) is 5.11 Å². The van der Waals surface area contributed by atoms with Gasteiger partial charge in [0.1, 0.15) is 0 Å². The molecule has 2 heterocycles. The molecule has 18 heavy (non-hydrogen) atoms. The van der Waals surface area contributed by atoms with Gasteiger partial charge in [-0.2, -0.15) is 5.10 Å². The minimum absolute atomic E-state index is 0.00608. The van der Waals surface area contributed by atoms with E-state index in [1.165, 1.54) is 0 Å². The Morgan fingerprint density at radius 1 is 1.50 bits per heavy atom. The van der Waals surface area contributed by atoms with E-state index in [2.05, 4.69) is 18.9 Å². The molecule has 2 atom stereocenters. The van der Waals surface area contributed by atoms with Gasteiger partial charge in [-0.1, -0.05) is 0 Å². The van der Waals surface area contributed by atoms with E-state index < -0.39 is 6.10 Å². The number of ether oxygens (including phenoxy) is 1. The Hall–Kier alpha value is -0.870. The SMILES string of the molecule is Cc1nn(CC2CCC(C)(C)O2)c(C)c1C(C)O. The summed E-state index contributed by atoms with van der Waals surface area (Å²) in [5.74, 6) is 0. The third-order valence-electron chi connectivity index (χ3n) is 3.79. The van der Waals surface area contributed by atoms with Crippen LogP contribution in [0, 0.1) is 13.8 Å². The summed E-state index contributed by atoms with van der Waals surface area (Å²) in [6, 6.07) is 0. The first-order valence-corrected chi connectivity index (χ1v) is 6.70. The average Bonchev–Trinajstić information content (AvgIpc) is 2.68. The van der Waals surface area contributed by atoms with Gasteiger partial charge in [0.25, 0.3) is 0 Å². The first-order chi connectivity index (χ1) is 8.30. The van der Waals surface area contributed by atoms with Crippen LogP contribution in [0.4, 0.5) is 0 Å². The van der Waals surface area contributed by atoms with Gasteiger partial charge in [-0.15, -0.1) is 0 Å². The minimum Gasteiger partial charge on any atom is -0.389 e. The molecule has 1 aromatic heterocycles. The highest BCUT2D eigenvalue weighted by atomic mass is 16.5. The highest BCUT2D eigenvalue weighted by Crippen LogP contribution is 2.31. The molecule has 0 aliphatic carbocycles. The lowest BCUT2D eigenvalue weighted by molar-refractivity contribution is -0.0232. The molecule has 1 fully saturated rings. The zero-order valence-electron chi connectivity index (χ0n) is 12.0. The minimum atomic E-state index is -0.459. The Morgan fingerprint density at radius 2 is 2.17 bits per heavy atom. The van der Waals surface area contributed by atoms with Crippen molar-refractivity contribution in [2.24, 2.45) is 0 Å². The maximum absolute atomic E-state index is 9.76. The molecular weight excluding hydrogens is 228 g/mol. The third-order valence-corrected chi connectivity index (χ3v) is 3.79. The van der Waals surface area contributed by atoms with Crippen molar-refractivity contribution in [1.29, 1.82) is 0 Å². The number of aliphatic hydroxyl groups excluding tert-OH is 1. The Kier molecular flexibility index (Phi) is 3.52. The van der Waals surface area contributed by atoms with Crippen LogP contribution in [0.2, 0.25) is 0 Å². The first-order valence-electron chi connectivity index (χ1n) is 6.70. The summed E-state index contributed by atoms with van der Waals surface area (Å²) in [5.41, 5.74) is 2.91. The van der Waals surface area contributed by atoms with Crippen LogP contribution in [0.5, 0.6) is 0 Å². The summed E-state index contributed by atoms with van der Waals surface area (Å²) in [5, 5.41) is 14.3. The fourth-order valence-electron chi connectivity index (χ4n) is 2.89. The van der Waals surface area contributed by atoms with Crippen molar-refractivity contribution in [2.75, 3.05) is 0 Å². The second-order valence-corrected chi connectivity index (χ2v) is 5.98. The number of nitrogens with zero attached hydrogens (tertiary/aromatic N) is 2. The van der Waals surface area contributed by atoms with Crippen molar-refractivity contribution in [3.63, 3.8) is 0 Å². The van der Waals surface area contributed by atoms with E-state index in [1.807, 2.05) is 18.5 Å². The van der Waals surface area contributed by atoms with Crippen LogP contribution in [-0.2, 0) is 11.3 Å². The number of hydrogen-bond acceptors (Lipinski definition) is 3. The van der Waals surface area contributed by atoms with Crippen LogP contribution in [0.1, 0.15) is 56.7 Å². The normalized spacial score (nSPS) is 24.4. The summed E-state index contributed by atoms with van der Waals surface area (Å²) in [6.45, 7) is 10.8. The molecule has 0 radical (unpaired) electrons. The molecule has 2 unspecified atom stereocenters. The molecule has 0 amide bonds. The van der Waals surface area contributed by atoms with Gasteiger partial charge in [-0.05, 0) is 47.5 Å². The van der Waals surface area contributed by atoms with Crippen LogP contribution in [0.25, 0.3) is 0 Å². The zero-order chi connectivity index (χ0) is 13.5. The Bertz CT molecular complexity index is 435. The number of aryl methyl sites for hydroxylation is 1. The topological polar surface area (TPSA) is 47.3 Å². The molecule has 0 aromatic carbocycles. The Balaban J connectivity index is 2.14. The van der Waals surface area contributed by atoms with Crippen molar-refractivity contribution >= 4 is 0 Å². The van der Waals surface area contributed by atoms with Gasteiger partial charge in [0, 0.05) is 11.3 Å². The van der Waals surface area contributed by atoms with Crippen LogP contribution in [0.3, 0.4) is 0 Å². The van der Waals surface area contributed by atoms with Crippen molar-refractivity contribution in [1.82, 2.24) is 9.78 Å². The molecule has 1 N–H and O–H groups in total. The molecule has 2 rings (SSSR count). The van der Waals surface area contributed by atoms with Gasteiger partial charge in [-0.25, -0.2) is 0 Å². The molecule has 1 aliphatic rings. The van der Waals surface area contributed by atoms with Gasteiger partial charge < -0.3 is 9.84 Å². The standard InChI is InChI=1S/C14H24N2O2/c1-9-13(11(3)17)10(2)16(15-9)8-12-6-7-14(4,5)18-12/h11-12,17H,6-8H2,1-5H3. The maximum atomic E-state index is 9.76. The molecule has 4 nitrogen and oxygen atoms in total.